The topological polar surface area (TPSA) is 52.6 Å². The summed E-state index contributed by atoms with van der Waals surface area (Å²) in [6, 6.07) is 15.5. The zero-order chi connectivity index (χ0) is 23.4. The van der Waals surface area contributed by atoms with Crippen LogP contribution in [0.4, 0.5) is 0 Å². The van der Waals surface area contributed by atoms with E-state index in [0.717, 1.165) is 11.1 Å². The monoisotopic (exact) mass is 420 g/mol. The fraction of sp³-hybridized carbons (Fsp3) is 0.333. The molecule has 2 aromatic rings. The third kappa shape index (κ3) is 5.52. The highest BCUT2D eigenvalue weighted by Crippen LogP contribution is 2.34. The first-order valence-corrected chi connectivity index (χ1v) is 10.3. The van der Waals surface area contributed by atoms with E-state index in [4.69, 9.17) is 9.47 Å². The second-order valence-electron chi connectivity index (χ2n) is 9.04. The molecule has 0 aliphatic heterocycles. The van der Waals surface area contributed by atoms with Gasteiger partial charge in [-0.3, -0.25) is 9.59 Å². The van der Waals surface area contributed by atoms with Crippen LogP contribution in [0.15, 0.2) is 73.8 Å². The van der Waals surface area contributed by atoms with Crippen LogP contribution < -0.4 is 9.47 Å². The average molecular weight is 421 g/mol. The molecule has 0 atom stereocenters. The van der Waals surface area contributed by atoms with Gasteiger partial charge in [0, 0.05) is 5.41 Å². The van der Waals surface area contributed by atoms with Crippen molar-refractivity contribution in [3.05, 3.63) is 85.0 Å². The van der Waals surface area contributed by atoms with Crippen molar-refractivity contribution in [2.45, 2.75) is 58.2 Å². The Hall–Kier alpha value is -3.14. The Bertz CT molecular complexity index is 882. The molecule has 4 nitrogen and oxygen atoms in total. The summed E-state index contributed by atoms with van der Waals surface area (Å²) in [4.78, 5) is 23.9. The van der Waals surface area contributed by atoms with Crippen LogP contribution >= 0.6 is 0 Å². The molecule has 2 aromatic carbocycles. The molecule has 0 saturated carbocycles. The minimum Gasteiger partial charge on any atom is -0.480 e. The summed E-state index contributed by atoms with van der Waals surface area (Å²) in [5.74, 6) is 0.907. The molecule has 0 unspecified atom stereocenters. The Balaban J connectivity index is 2.19. The Morgan fingerprint density at radius 1 is 0.645 bits per heavy atom. The van der Waals surface area contributed by atoms with Gasteiger partial charge in [0.25, 0.3) is 0 Å². The number of rotatable bonds is 10. The lowest BCUT2D eigenvalue weighted by Crippen LogP contribution is -2.36. The second kappa shape index (κ2) is 8.93. The number of carbonyl (C=O) groups is 2. The van der Waals surface area contributed by atoms with Gasteiger partial charge in [0.15, 0.2) is 22.8 Å². The van der Waals surface area contributed by atoms with Gasteiger partial charge in [0.1, 0.15) is 11.5 Å². The number of benzene rings is 2. The summed E-state index contributed by atoms with van der Waals surface area (Å²) in [6.45, 7) is 18.2. The molecular formula is C27H32O4. The van der Waals surface area contributed by atoms with Crippen molar-refractivity contribution in [1.29, 1.82) is 0 Å². The molecule has 31 heavy (non-hydrogen) atoms. The SMILES string of the molecule is C=CC(=O)C(C)(C)Oc1ccc(C(C)(C)c2ccc(OC(C)(C)C(=O)C=C)cc2)cc1. The van der Waals surface area contributed by atoms with E-state index in [1.807, 2.05) is 48.5 Å². The van der Waals surface area contributed by atoms with E-state index >= 15 is 0 Å². The lowest BCUT2D eigenvalue weighted by atomic mass is 9.78. The Morgan fingerprint density at radius 3 is 1.19 bits per heavy atom. The van der Waals surface area contributed by atoms with Crippen molar-refractivity contribution in [1.82, 2.24) is 0 Å². The van der Waals surface area contributed by atoms with Gasteiger partial charge in [-0.1, -0.05) is 51.3 Å². The molecule has 0 saturated heterocycles. The third-order valence-electron chi connectivity index (χ3n) is 5.46. The quantitative estimate of drug-likeness (QED) is 0.453. The summed E-state index contributed by atoms with van der Waals surface area (Å²) in [6.07, 6.45) is 2.55. The second-order valence-corrected chi connectivity index (χ2v) is 9.04. The zero-order valence-electron chi connectivity index (χ0n) is 19.3. The maximum atomic E-state index is 11.9. The third-order valence-corrected chi connectivity index (χ3v) is 5.46. The standard InChI is InChI=1S/C27H32O4/c1-9-23(28)26(5,6)30-21-15-11-19(12-16-21)25(3,4)20-13-17-22(18-14-20)31-27(7,8)24(29)10-2/h9-18H,1-2H2,3-8H3. The van der Waals surface area contributed by atoms with Crippen molar-refractivity contribution in [2.75, 3.05) is 0 Å². The zero-order valence-corrected chi connectivity index (χ0v) is 19.3. The van der Waals surface area contributed by atoms with Gasteiger partial charge < -0.3 is 9.47 Å². The molecule has 0 spiro atoms. The van der Waals surface area contributed by atoms with E-state index in [1.54, 1.807) is 27.7 Å². The van der Waals surface area contributed by atoms with Gasteiger partial charge in [-0.25, -0.2) is 0 Å². The van der Waals surface area contributed by atoms with Gasteiger partial charge in [-0.15, -0.1) is 0 Å². The Morgan fingerprint density at radius 2 is 0.935 bits per heavy atom. The van der Waals surface area contributed by atoms with Crippen LogP contribution in [-0.4, -0.2) is 22.8 Å². The molecule has 0 amide bonds. The van der Waals surface area contributed by atoms with Crippen molar-refractivity contribution in [2.24, 2.45) is 0 Å². The number of hydrogen-bond donors (Lipinski definition) is 0. The molecule has 0 N–H and O–H groups in total. The normalized spacial score (nSPS) is 12.1. The molecule has 0 heterocycles. The van der Waals surface area contributed by atoms with Gasteiger partial charge in [-0.2, -0.15) is 0 Å². The van der Waals surface area contributed by atoms with Crippen LogP contribution in [0.5, 0.6) is 11.5 Å². The van der Waals surface area contributed by atoms with Crippen molar-refractivity contribution >= 4 is 11.6 Å². The van der Waals surface area contributed by atoms with Gasteiger partial charge in [0.05, 0.1) is 0 Å². The fourth-order valence-electron chi connectivity index (χ4n) is 3.23. The fourth-order valence-corrected chi connectivity index (χ4v) is 3.23. The maximum Gasteiger partial charge on any atom is 0.198 e. The Labute approximate surface area is 185 Å². The van der Waals surface area contributed by atoms with Crippen molar-refractivity contribution in [3.8, 4) is 11.5 Å². The minimum absolute atomic E-state index is 0.169. The summed E-state index contributed by atoms with van der Waals surface area (Å²) in [5.41, 5.74) is 0.00726. The maximum absolute atomic E-state index is 11.9. The molecule has 164 valence electrons. The smallest absolute Gasteiger partial charge is 0.198 e. The van der Waals surface area contributed by atoms with Crippen molar-refractivity contribution < 1.29 is 19.1 Å². The van der Waals surface area contributed by atoms with Gasteiger partial charge in [-0.05, 0) is 75.2 Å². The van der Waals surface area contributed by atoms with Crippen LogP contribution in [0.2, 0.25) is 0 Å². The largest absolute Gasteiger partial charge is 0.480 e. The molecule has 0 radical (unpaired) electrons. The molecular weight excluding hydrogens is 388 g/mol. The van der Waals surface area contributed by atoms with E-state index in [2.05, 4.69) is 27.0 Å². The van der Waals surface area contributed by atoms with E-state index in [-0.39, 0.29) is 17.0 Å². The number of carbonyl (C=O) groups excluding carboxylic acids is 2. The summed E-state index contributed by atoms with van der Waals surface area (Å²) < 4.78 is 11.7. The highest BCUT2D eigenvalue weighted by atomic mass is 16.5. The lowest BCUT2D eigenvalue weighted by molar-refractivity contribution is -0.127. The van der Waals surface area contributed by atoms with Crippen LogP contribution in [-0.2, 0) is 15.0 Å². The Kier molecular flexibility index (Phi) is 6.95. The van der Waals surface area contributed by atoms with Crippen molar-refractivity contribution in [3.63, 3.8) is 0 Å². The van der Waals surface area contributed by atoms with E-state index in [0.29, 0.717) is 11.5 Å². The molecule has 0 aromatic heterocycles. The lowest BCUT2D eigenvalue weighted by Gasteiger charge is -2.28. The van der Waals surface area contributed by atoms with Gasteiger partial charge >= 0.3 is 0 Å². The summed E-state index contributed by atoms with van der Waals surface area (Å²) in [7, 11) is 0. The van der Waals surface area contributed by atoms with Crippen LogP contribution in [0, 0.1) is 0 Å². The molecule has 4 heteroatoms. The summed E-state index contributed by atoms with van der Waals surface area (Å²) in [5, 5.41) is 0. The highest BCUT2D eigenvalue weighted by molar-refractivity contribution is 5.96. The van der Waals surface area contributed by atoms with Crippen LogP contribution in [0.25, 0.3) is 0 Å². The summed E-state index contributed by atoms with van der Waals surface area (Å²) >= 11 is 0. The number of hydrogen-bond acceptors (Lipinski definition) is 4. The first-order valence-electron chi connectivity index (χ1n) is 10.3. The molecule has 0 fully saturated rings. The van der Waals surface area contributed by atoms with E-state index < -0.39 is 11.2 Å². The molecule has 2 rings (SSSR count). The first-order chi connectivity index (χ1) is 14.3. The van der Waals surface area contributed by atoms with E-state index in [9.17, 15) is 9.59 Å². The first kappa shape index (κ1) is 24.1. The minimum atomic E-state index is -0.963. The van der Waals surface area contributed by atoms with Gasteiger partial charge in [0.2, 0.25) is 0 Å². The highest BCUT2D eigenvalue weighted by Gasteiger charge is 2.29. The molecule has 0 aliphatic rings. The number of ketones is 2. The molecule has 0 bridgehead atoms. The van der Waals surface area contributed by atoms with Crippen LogP contribution in [0.3, 0.4) is 0 Å². The van der Waals surface area contributed by atoms with Crippen LogP contribution in [0.1, 0.15) is 52.7 Å². The predicted molar refractivity (Wildman–Crippen MR) is 125 cm³/mol. The average Bonchev–Trinajstić information content (AvgIpc) is 2.72. The molecule has 0 aliphatic carbocycles. The predicted octanol–water partition coefficient (Wildman–Crippen LogP) is 5.84. The number of ether oxygens (including phenoxy) is 2. The van der Waals surface area contributed by atoms with E-state index in [1.165, 1.54) is 12.2 Å².